The Hall–Kier alpha value is -2.28. The van der Waals surface area contributed by atoms with E-state index in [4.69, 9.17) is 5.11 Å². The number of piperazine rings is 1. The Labute approximate surface area is 188 Å². The van der Waals surface area contributed by atoms with Crippen LogP contribution < -0.4 is 4.90 Å². The van der Waals surface area contributed by atoms with E-state index in [0.717, 1.165) is 63.2 Å². The maximum Gasteiger partial charge on any atom is 0.389 e. The maximum absolute atomic E-state index is 12.7. The third-order valence-electron chi connectivity index (χ3n) is 6.59. The SMILES string of the molecule is C=C(CCC(F)(F)F)C1=C(CN2CCN(c3ccc(C(=O)O)cc3)CC2)CCC(C)(C)C1. The maximum atomic E-state index is 12.7. The Morgan fingerprint density at radius 2 is 1.75 bits per heavy atom. The number of allylic oxidation sites excluding steroid dienone is 2. The number of nitrogens with zero attached hydrogens (tertiary/aromatic N) is 2. The molecular weight excluding hydrogens is 417 g/mol. The summed E-state index contributed by atoms with van der Waals surface area (Å²) < 4.78 is 38.2. The molecule has 4 nitrogen and oxygen atoms in total. The van der Waals surface area contributed by atoms with Crippen molar-refractivity contribution in [2.75, 3.05) is 37.6 Å². The van der Waals surface area contributed by atoms with E-state index in [1.807, 2.05) is 12.1 Å². The van der Waals surface area contributed by atoms with Gasteiger partial charge in [0.15, 0.2) is 0 Å². The molecule has 0 saturated carbocycles. The first kappa shape index (κ1) is 24.4. The number of benzene rings is 1. The summed E-state index contributed by atoms with van der Waals surface area (Å²) in [5.74, 6) is -0.932. The van der Waals surface area contributed by atoms with Crippen molar-refractivity contribution in [2.45, 2.75) is 52.1 Å². The van der Waals surface area contributed by atoms with Gasteiger partial charge in [-0.25, -0.2) is 4.79 Å². The Morgan fingerprint density at radius 1 is 1.12 bits per heavy atom. The molecule has 0 spiro atoms. The van der Waals surface area contributed by atoms with Crippen LogP contribution in [0.25, 0.3) is 0 Å². The molecule has 7 heteroatoms. The van der Waals surface area contributed by atoms with Crippen LogP contribution in [0.15, 0.2) is 47.6 Å². The average molecular weight is 451 g/mol. The van der Waals surface area contributed by atoms with Crippen molar-refractivity contribution in [3.63, 3.8) is 0 Å². The van der Waals surface area contributed by atoms with E-state index in [9.17, 15) is 18.0 Å². The lowest BCUT2D eigenvalue weighted by Gasteiger charge is -2.39. The highest BCUT2D eigenvalue weighted by atomic mass is 19.4. The van der Waals surface area contributed by atoms with Gasteiger partial charge in [0.1, 0.15) is 0 Å². The molecule has 3 rings (SSSR count). The van der Waals surface area contributed by atoms with Gasteiger partial charge in [0.2, 0.25) is 0 Å². The largest absolute Gasteiger partial charge is 0.478 e. The number of alkyl halides is 3. The topological polar surface area (TPSA) is 43.8 Å². The fourth-order valence-corrected chi connectivity index (χ4v) is 4.57. The minimum Gasteiger partial charge on any atom is -0.478 e. The summed E-state index contributed by atoms with van der Waals surface area (Å²) in [6.45, 7) is 12.5. The normalized spacial score (nSPS) is 19.8. The summed E-state index contributed by atoms with van der Waals surface area (Å²) in [4.78, 5) is 15.6. The van der Waals surface area contributed by atoms with Crippen LogP contribution in [0.4, 0.5) is 18.9 Å². The molecule has 1 aliphatic carbocycles. The first-order valence-electron chi connectivity index (χ1n) is 11.2. The molecular formula is C25H33F3N2O2. The van der Waals surface area contributed by atoms with E-state index in [1.54, 1.807) is 12.1 Å². The number of carboxylic acids is 1. The van der Waals surface area contributed by atoms with Crippen LogP contribution in [-0.4, -0.2) is 54.9 Å². The molecule has 1 aliphatic heterocycles. The molecule has 1 N–H and O–H groups in total. The molecule has 2 aliphatic rings. The average Bonchev–Trinajstić information content (AvgIpc) is 2.73. The Morgan fingerprint density at radius 3 is 2.31 bits per heavy atom. The molecule has 0 atom stereocenters. The van der Waals surface area contributed by atoms with Gasteiger partial charge in [-0.2, -0.15) is 13.2 Å². The smallest absolute Gasteiger partial charge is 0.389 e. The monoisotopic (exact) mass is 450 g/mol. The molecule has 1 fully saturated rings. The molecule has 32 heavy (non-hydrogen) atoms. The Balaban J connectivity index is 1.63. The number of aromatic carboxylic acids is 1. The second-order valence-electron chi connectivity index (χ2n) is 9.76. The number of halogens is 3. The molecule has 1 saturated heterocycles. The van der Waals surface area contributed by atoms with Gasteiger partial charge in [-0.1, -0.05) is 31.6 Å². The van der Waals surface area contributed by atoms with Crippen molar-refractivity contribution in [2.24, 2.45) is 5.41 Å². The van der Waals surface area contributed by atoms with Crippen molar-refractivity contribution in [1.29, 1.82) is 0 Å². The van der Waals surface area contributed by atoms with E-state index in [2.05, 4.69) is 30.2 Å². The fourth-order valence-electron chi connectivity index (χ4n) is 4.57. The summed E-state index contributed by atoms with van der Waals surface area (Å²) in [7, 11) is 0. The van der Waals surface area contributed by atoms with Crippen molar-refractivity contribution in [3.8, 4) is 0 Å². The highest BCUT2D eigenvalue weighted by Gasteiger charge is 2.32. The quantitative estimate of drug-likeness (QED) is 0.561. The zero-order valence-corrected chi connectivity index (χ0v) is 19.0. The van der Waals surface area contributed by atoms with Crippen molar-refractivity contribution in [3.05, 3.63) is 53.1 Å². The van der Waals surface area contributed by atoms with E-state index in [0.29, 0.717) is 5.57 Å². The van der Waals surface area contributed by atoms with Crippen LogP contribution in [0.2, 0.25) is 0 Å². The lowest BCUT2D eigenvalue weighted by atomic mass is 9.72. The molecule has 0 unspecified atom stereocenters. The number of carboxylic acid groups (broad SMARTS) is 1. The molecule has 0 bridgehead atoms. The number of rotatable bonds is 7. The minimum absolute atomic E-state index is 0.0292. The summed E-state index contributed by atoms with van der Waals surface area (Å²) in [6, 6.07) is 6.93. The van der Waals surface area contributed by atoms with Gasteiger partial charge in [-0.15, -0.1) is 0 Å². The van der Waals surface area contributed by atoms with E-state index >= 15 is 0 Å². The van der Waals surface area contributed by atoms with Gasteiger partial charge in [-0.3, -0.25) is 4.90 Å². The molecule has 0 amide bonds. The van der Waals surface area contributed by atoms with Crippen molar-refractivity contribution in [1.82, 2.24) is 4.90 Å². The zero-order chi connectivity index (χ0) is 23.5. The Bertz CT molecular complexity index is 864. The van der Waals surface area contributed by atoms with E-state index in [1.165, 1.54) is 5.57 Å². The summed E-state index contributed by atoms with van der Waals surface area (Å²) >= 11 is 0. The van der Waals surface area contributed by atoms with E-state index in [-0.39, 0.29) is 17.4 Å². The van der Waals surface area contributed by atoms with E-state index < -0.39 is 18.6 Å². The molecule has 1 aromatic carbocycles. The third kappa shape index (κ3) is 6.61. The van der Waals surface area contributed by atoms with Crippen LogP contribution in [0.1, 0.15) is 56.3 Å². The van der Waals surface area contributed by atoms with Crippen LogP contribution in [0.3, 0.4) is 0 Å². The van der Waals surface area contributed by atoms with Gasteiger partial charge in [0, 0.05) is 44.8 Å². The number of hydrogen-bond donors (Lipinski definition) is 1. The van der Waals surface area contributed by atoms with Crippen molar-refractivity contribution >= 4 is 11.7 Å². The lowest BCUT2D eigenvalue weighted by Crippen LogP contribution is -2.47. The first-order valence-corrected chi connectivity index (χ1v) is 11.2. The number of anilines is 1. The minimum atomic E-state index is -4.16. The van der Waals surface area contributed by atoms with Gasteiger partial charge < -0.3 is 10.0 Å². The summed E-state index contributed by atoms with van der Waals surface area (Å²) in [5, 5.41) is 9.06. The molecule has 1 aromatic rings. The highest BCUT2D eigenvalue weighted by molar-refractivity contribution is 5.88. The summed E-state index contributed by atoms with van der Waals surface area (Å²) in [6.07, 6.45) is -2.28. The van der Waals surface area contributed by atoms with Gasteiger partial charge in [-0.05, 0) is 60.9 Å². The lowest BCUT2D eigenvalue weighted by molar-refractivity contribution is -0.133. The fraction of sp³-hybridized carbons (Fsp3) is 0.560. The molecule has 1 heterocycles. The second-order valence-corrected chi connectivity index (χ2v) is 9.76. The first-order chi connectivity index (χ1) is 14.9. The van der Waals surface area contributed by atoms with Crippen molar-refractivity contribution < 1.29 is 23.1 Å². The predicted molar refractivity (Wildman–Crippen MR) is 121 cm³/mol. The second kappa shape index (κ2) is 9.69. The molecule has 0 radical (unpaired) electrons. The number of carbonyl (C=O) groups is 1. The predicted octanol–water partition coefficient (Wildman–Crippen LogP) is 5.91. The van der Waals surface area contributed by atoms with Crippen LogP contribution >= 0.6 is 0 Å². The highest BCUT2D eigenvalue weighted by Crippen LogP contribution is 2.42. The Kier molecular flexibility index (Phi) is 7.38. The van der Waals surface area contributed by atoms with Gasteiger partial charge >= 0.3 is 12.1 Å². The van der Waals surface area contributed by atoms with Crippen LogP contribution in [-0.2, 0) is 0 Å². The van der Waals surface area contributed by atoms with Gasteiger partial charge in [0.05, 0.1) is 5.56 Å². The molecule has 176 valence electrons. The standard InChI is InChI=1S/C25H33F3N2O2/c1-18(8-11-25(26,27)28)22-16-24(2,3)10-9-20(22)17-29-12-14-30(15-13-29)21-6-4-19(5-7-21)23(31)32/h4-7H,1,8-17H2,2-3H3,(H,31,32). The third-order valence-corrected chi connectivity index (χ3v) is 6.59. The summed E-state index contributed by atoms with van der Waals surface area (Å²) in [5.41, 5.74) is 4.31. The molecule has 0 aromatic heterocycles. The number of hydrogen-bond acceptors (Lipinski definition) is 3. The van der Waals surface area contributed by atoms with Gasteiger partial charge in [0.25, 0.3) is 0 Å². The van der Waals surface area contributed by atoms with Crippen LogP contribution in [0, 0.1) is 5.41 Å². The van der Waals surface area contributed by atoms with Crippen LogP contribution in [0.5, 0.6) is 0 Å². The zero-order valence-electron chi connectivity index (χ0n) is 19.0.